The molecule has 184 valence electrons. The first kappa shape index (κ1) is 24.5. The third-order valence-electron chi connectivity index (χ3n) is 5.55. The zero-order valence-corrected chi connectivity index (χ0v) is 21.1. The van der Waals surface area contributed by atoms with E-state index in [1.54, 1.807) is 37.5 Å². The monoisotopic (exact) mass is 495 g/mol. The lowest BCUT2D eigenvalue weighted by Crippen LogP contribution is -2.18. The average molecular weight is 496 g/mol. The normalized spacial score (nSPS) is 11.5. The summed E-state index contributed by atoms with van der Waals surface area (Å²) < 4.78 is 35.4. The molecule has 35 heavy (non-hydrogen) atoms. The first-order valence-electron chi connectivity index (χ1n) is 11.3. The molecule has 4 aromatic rings. The van der Waals surface area contributed by atoms with Gasteiger partial charge in [0.1, 0.15) is 21.3 Å². The van der Waals surface area contributed by atoms with Crippen molar-refractivity contribution in [2.24, 2.45) is 0 Å². The minimum Gasteiger partial charge on any atom is -0.497 e. The highest BCUT2D eigenvalue weighted by molar-refractivity contribution is 7.90. The Labute approximate surface area is 205 Å². The van der Waals surface area contributed by atoms with Crippen LogP contribution in [0.5, 0.6) is 11.5 Å². The number of anilines is 2. The molecule has 0 saturated carbocycles. The Kier molecular flexibility index (Phi) is 7.20. The van der Waals surface area contributed by atoms with E-state index in [0.29, 0.717) is 12.2 Å². The third-order valence-corrected chi connectivity index (χ3v) is 6.48. The van der Waals surface area contributed by atoms with Gasteiger partial charge in [0.25, 0.3) is 0 Å². The Morgan fingerprint density at radius 3 is 2.37 bits per heavy atom. The molecule has 2 aromatic carbocycles. The van der Waals surface area contributed by atoms with Crippen LogP contribution in [0.1, 0.15) is 13.3 Å². The second kappa shape index (κ2) is 10.3. The molecule has 9 nitrogen and oxygen atoms in total. The summed E-state index contributed by atoms with van der Waals surface area (Å²) in [5.74, 6) is 1.47. The summed E-state index contributed by atoms with van der Waals surface area (Å²) in [6.45, 7) is 3.22. The summed E-state index contributed by atoms with van der Waals surface area (Å²) in [6.07, 6.45) is 7.32. The van der Waals surface area contributed by atoms with Gasteiger partial charge in [-0.25, -0.2) is 13.4 Å². The number of hydrogen-bond donors (Lipinski definition) is 0. The van der Waals surface area contributed by atoms with Crippen LogP contribution in [0, 0.1) is 0 Å². The molecule has 0 amide bonds. The Morgan fingerprint density at radius 2 is 1.71 bits per heavy atom. The van der Waals surface area contributed by atoms with Crippen molar-refractivity contribution in [2.45, 2.75) is 19.9 Å². The number of hydrogen-bond acceptors (Lipinski definition) is 8. The van der Waals surface area contributed by atoms with Crippen LogP contribution in [0.2, 0.25) is 0 Å². The number of aromatic nitrogens is 4. The van der Waals surface area contributed by atoms with E-state index in [2.05, 4.69) is 21.9 Å². The maximum atomic E-state index is 11.5. The van der Waals surface area contributed by atoms with Crippen molar-refractivity contribution >= 4 is 32.2 Å². The van der Waals surface area contributed by atoms with Crippen molar-refractivity contribution in [1.29, 1.82) is 0 Å². The van der Waals surface area contributed by atoms with Crippen molar-refractivity contribution in [1.82, 2.24) is 19.7 Å². The lowest BCUT2D eigenvalue weighted by atomic mass is 10.2. The van der Waals surface area contributed by atoms with Crippen LogP contribution in [0.25, 0.3) is 22.3 Å². The second-order valence-corrected chi connectivity index (χ2v) is 10.5. The molecular weight excluding hydrogens is 466 g/mol. The van der Waals surface area contributed by atoms with Gasteiger partial charge in [0, 0.05) is 54.1 Å². The van der Waals surface area contributed by atoms with Gasteiger partial charge in [-0.05, 0) is 24.6 Å². The molecule has 2 aromatic heterocycles. The van der Waals surface area contributed by atoms with Crippen LogP contribution in [0.4, 0.5) is 11.4 Å². The lowest BCUT2D eigenvalue weighted by Gasteiger charge is -2.25. The van der Waals surface area contributed by atoms with Crippen molar-refractivity contribution in [3.05, 3.63) is 55.0 Å². The van der Waals surface area contributed by atoms with Gasteiger partial charge in [-0.2, -0.15) is 5.10 Å². The molecule has 10 heteroatoms. The molecule has 0 saturated heterocycles. The number of sulfone groups is 1. The molecule has 0 radical (unpaired) electrons. The lowest BCUT2D eigenvalue weighted by molar-refractivity contribution is 0.394. The van der Waals surface area contributed by atoms with Crippen molar-refractivity contribution < 1.29 is 17.9 Å². The summed E-state index contributed by atoms with van der Waals surface area (Å²) in [6, 6.07) is 11.8. The Bertz CT molecular complexity index is 1410. The maximum absolute atomic E-state index is 11.5. The number of aryl methyl sites for hydroxylation is 1. The van der Waals surface area contributed by atoms with Crippen LogP contribution in [-0.2, 0) is 16.4 Å². The molecule has 4 rings (SSSR count). The summed E-state index contributed by atoms with van der Waals surface area (Å²) in [5, 5.41) is 4.27. The van der Waals surface area contributed by atoms with E-state index in [1.165, 1.54) is 6.26 Å². The smallest absolute Gasteiger partial charge is 0.149 e. The summed E-state index contributed by atoms with van der Waals surface area (Å²) in [7, 11) is 0.211. The van der Waals surface area contributed by atoms with E-state index in [9.17, 15) is 8.42 Å². The van der Waals surface area contributed by atoms with E-state index in [1.807, 2.05) is 36.4 Å². The number of methoxy groups -OCH3 is 2. The SMILES string of the molecule is CCCN(c1cc(OC)cc(OC)c1)c1ccc2ncc(-c3cnn(CCS(C)(=O)=O)c3)nc2c1. The van der Waals surface area contributed by atoms with Crippen molar-refractivity contribution in [3.63, 3.8) is 0 Å². The summed E-state index contributed by atoms with van der Waals surface area (Å²) in [5.41, 5.74) is 4.91. The first-order chi connectivity index (χ1) is 16.8. The van der Waals surface area contributed by atoms with E-state index in [0.717, 1.165) is 52.4 Å². The minimum absolute atomic E-state index is 0.0310. The summed E-state index contributed by atoms with van der Waals surface area (Å²) in [4.78, 5) is 11.6. The van der Waals surface area contributed by atoms with E-state index >= 15 is 0 Å². The number of fused-ring (bicyclic) bond motifs is 1. The summed E-state index contributed by atoms with van der Waals surface area (Å²) >= 11 is 0. The molecule has 0 fully saturated rings. The van der Waals surface area contributed by atoms with Crippen LogP contribution < -0.4 is 14.4 Å². The highest BCUT2D eigenvalue weighted by atomic mass is 32.2. The molecule has 2 heterocycles. The van der Waals surface area contributed by atoms with Crippen LogP contribution in [-0.4, -0.2) is 60.9 Å². The van der Waals surface area contributed by atoms with E-state index in [-0.39, 0.29) is 5.75 Å². The quantitative estimate of drug-likeness (QED) is 0.324. The van der Waals surface area contributed by atoms with Crippen LogP contribution in [0.15, 0.2) is 55.0 Å². The van der Waals surface area contributed by atoms with Gasteiger partial charge in [-0.15, -0.1) is 0 Å². The minimum atomic E-state index is -3.07. The van der Waals surface area contributed by atoms with Crippen molar-refractivity contribution in [2.75, 3.05) is 37.7 Å². The van der Waals surface area contributed by atoms with Gasteiger partial charge in [-0.3, -0.25) is 9.67 Å². The molecule has 0 atom stereocenters. The highest BCUT2D eigenvalue weighted by Gasteiger charge is 2.14. The van der Waals surface area contributed by atoms with Gasteiger partial charge in [0.15, 0.2) is 0 Å². The van der Waals surface area contributed by atoms with Gasteiger partial charge < -0.3 is 14.4 Å². The Morgan fingerprint density at radius 1 is 0.971 bits per heavy atom. The third kappa shape index (κ3) is 5.89. The van der Waals surface area contributed by atoms with E-state index in [4.69, 9.17) is 14.5 Å². The number of benzene rings is 2. The molecule has 0 aliphatic heterocycles. The van der Waals surface area contributed by atoms with Gasteiger partial charge in [-0.1, -0.05) is 6.92 Å². The largest absolute Gasteiger partial charge is 0.497 e. The fourth-order valence-electron chi connectivity index (χ4n) is 3.76. The standard InChI is InChI=1S/C25H29N5O4S/c1-5-8-30(20-11-21(33-2)14-22(12-20)34-3)19-6-7-23-24(13-19)28-25(16-26-23)18-15-27-29(17-18)9-10-35(4,31)32/h6-7,11-17H,5,8-10H2,1-4H3. The number of rotatable bonds is 10. The molecule has 0 unspecified atom stereocenters. The predicted molar refractivity (Wildman–Crippen MR) is 137 cm³/mol. The second-order valence-electron chi connectivity index (χ2n) is 8.27. The zero-order chi connectivity index (χ0) is 25.0. The first-order valence-corrected chi connectivity index (χ1v) is 13.3. The Balaban J connectivity index is 1.68. The van der Waals surface area contributed by atoms with Crippen LogP contribution in [0.3, 0.4) is 0 Å². The molecule has 0 aliphatic rings. The predicted octanol–water partition coefficient (Wildman–Crippen LogP) is 4.10. The van der Waals surface area contributed by atoms with Crippen LogP contribution >= 0.6 is 0 Å². The van der Waals surface area contributed by atoms with Gasteiger partial charge in [0.05, 0.1) is 55.6 Å². The fraction of sp³-hybridized carbons (Fsp3) is 0.320. The number of nitrogens with zero attached hydrogens (tertiary/aromatic N) is 5. The van der Waals surface area contributed by atoms with Gasteiger partial charge in [0.2, 0.25) is 0 Å². The fourth-order valence-corrected chi connectivity index (χ4v) is 4.28. The maximum Gasteiger partial charge on any atom is 0.149 e. The highest BCUT2D eigenvalue weighted by Crippen LogP contribution is 2.34. The van der Waals surface area contributed by atoms with Gasteiger partial charge >= 0.3 is 0 Å². The molecule has 0 N–H and O–H groups in total. The topological polar surface area (TPSA) is 99.4 Å². The Hall–Kier alpha value is -3.66. The van der Waals surface area contributed by atoms with Crippen molar-refractivity contribution in [3.8, 4) is 22.8 Å². The van der Waals surface area contributed by atoms with E-state index < -0.39 is 9.84 Å². The molecule has 0 spiro atoms. The molecule has 0 bridgehead atoms. The molecular formula is C25H29N5O4S. The average Bonchev–Trinajstić information content (AvgIpc) is 3.34. The molecule has 0 aliphatic carbocycles. The number of ether oxygens (including phenoxy) is 2. The zero-order valence-electron chi connectivity index (χ0n) is 20.3.